The Morgan fingerprint density at radius 2 is 2.06 bits per heavy atom. The summed E-state index contributed by atoms with van der Waals surface area (Å²) < 4.78 is 5.45. The minimum atomic E-state index is 0.0390. The van der Waals surface area contributed by atoms with Crippen LogP contribution in [0.5, 0.6) is 0 Å². The Morgan fingerprint density at radius 3 is 2.59 bits per heavy atom. The summed E-state index contributed by atoms with van der Waals surface area (Å²) >= 11 is 1.52. The standard InChI is InChI=1S/C13H15NO2S/c1-9-4-6-11(16-9)8-14(3)13(15)12-7-5-10(2)17-12/h4-7H,8H2,1-3H3. The quantitative estimate of drug-likeness (QED) is 0.836. The number of carbonyl (C=O) groups is 1. The normalized spacial score (nSPS) is 10.5. The number of hydrogen-bond donors (Lipinski definition) is 0. The molecule has 0 aliphatic rings. The van der Waals surface area contributed by atoms with Crippen LogP contribution in [0, 0.1) is 13.8 Å². The molecule has 2 rings (SSSR count). The third kappa shape index (κ3) is 2.77. The van der Waals surface area contributed by atoms with Crippen molar-refractivity contribution in [3.8, 4) is 0 Å². The Labute approximate surface area is 105 Å². The highest BCUT2D eigenvalue weighted by molar-refractivity contribution is 7.13. The van der Waals surface area contributed by atoms with E-state index in [9.17, 15) is 4.79 Å². The van der Waals surface area contributed by atoms with E-state index in [1.165, 1.54) is 11.3 Å². The average Bonchev–Trinajstić information content (AvgIpc) is 2.87. The van der Waals surface area contributed by atoms with Gasteiger partial charge in [-0.05, 0) is 38.1 Å². The second-order valence-electron chi connectivity index (χ2n) is 4.08. The van der Waals surface area contributed by atoms with E-state index in [4.69, 9.17) is 4.42 Å². The summed E-state index contributed by atoms with van der Waals surface area (Å²) in [6.07, 6.45) is 0. The first-order chi connectivity index (χ1) is 8.06. The fraction of sp³-hybridized carbons (Fsp3) is 0.308. The largest absolute Gasteiger partial charge is 0.464 e. The van der Waals surface area contributed by atoms with Gasteiger partial charge in [-0.3, -0.25) is 4.79 Å². The van der Waals surface area contributed by atoms with Crippen molar-refractivity contribution in [2.75, 3.05) is 7.05 Å². The van der Waals surface area contributed by atoms with E-state index in [1.807, 2.05) is 38.1 Å². The second kappa shape index (κ2) is 4.75. The summed E-state index contributed by atoms with van der Waals surface area (Å²) in [5, 5.41) is 0. The average molecular weight is 249 g/mol. The molecule has 0 aliphatic heterocycles. The van der Waals surface area contributed by atoms with Gasteiger partial charge in [-0.15, -0.1) is 11.3 Å². The van der Waals surface area contributed by atoms with Crippen LogP contribution in [-0.4, -0.2) is 17.9 Å². The highest BCUT2D eigenvalue weighted by Gasteiger charge is 2.14. The fourth-order valence-corrected chi connectivity index (χ4v) is 2.48. The molecule has 2 aromatic heterocycles. The molecule has 0 atom stereocenters. The van der Waals surface area contributed by atoms with Gasteiger partial charge in [-0.1, -0.05) is 0 Å². The van der Waals surface area contributed by atoms with Crippen LogP contribution in [0.4, 0.5) is 0 Å². The molecule has 0 radical (unpaired) electrons. The van der Waals surface area contributed by atoms with Crippen molar-refractivity contribution in [2.45, 2.75) is 20.4 Å². The van der Waals surface area contributed by atoms with Gasteiger partial charge in [0.1, 0.15) is 11.5 Å². The zero-order chi connectivity index (χ0) is 12.4. The van der Waals surface area contributed by atoms with E-state index in [1.54, 1.807) is 11.9 Å². The Balaban J connectivity index is 2.05. The van der Waals surface area contributed by atoms with E-state index < -0.39 is 0 Å². The lowest BCUT2D eigenvalue weighted by Crippen LogP contribution is -2.25. The van der Waals surface area contributed by atoms with Crippen LogP contribution in [0.3, 0.4) is 0 Å². The molecule has 0 aliphatic carbocycles. The Bertz CT molecular complexity index is 527. The summed E-state index contributed by atoms with van der Waals surface area (Å²) in [7, 11) is 1.79. The zero-order valence-electron chi connectivity index (χ0n) is 10.2. The molecule has 0 saturated heterocycles. The van der Waals surface area contributed by atoms with E-state index in [2.05, 4.69) is 0 Å². The van der Waals surface area contributed by atoms with Gasteiger partial charge in [0.25, 0.3) is 5.91 Å². The highest BCUT2D eigenvalue weighted by Crippen LogP contribution is 2.18. The smallest absolute Gasteiger partial charge is 0.264 e. The fourth-order valence-electron chi connectivity index (χ4n) is 1.61. The maximum Gasteiger partial charge on any atom is 0.264 e. The van der Waals surface area contributed by atoms with Crippen LogP contribution >= 0.6 is 11.3 Å². The van der Waals surface area contributed by atoms with Crippen molar-refractivity contribution < 1.29 is 9.21 Å². The molecular weight excluding hydrogens is 234 g/mol. The molecule has 2 aromatic rings. The first-order valence-corrected chi connectivity index (χ1v) is 6.25. The van der Waals surface area contributed by atoms with E-state index in [0.29, 0.717) is 6.54 Å². The van der Waals surface area contributed by atoms with Gasteiger partial charge in [0.2, 0.25) is 0 Å². The lowest BCUT2D eigenvalue weighted by molar-refractivity contribution is 0.0780. The minimum absolute atomic E-state index is 0.0390. The van der Waals surface area contributed by atoms with Gasteiger partial charge in [0, 0.05) is 11.9 Å². The maximum atomic E-state index is 12.1. The molecular formula is C13H15NO2S. The van der Waals surface area contributed by atoms with Gasteiger partial charge in [0.05, 0.1) is 11.4 Å². The van der Waals surface area contributed by atoms with Gasteiger partial charge < -0.3 is 9.32 Å². The second-order valence-corrected chi connectivity index (χ2v) is 5.37. The number of furan rings is 1. The van der Waals surface area contributed by atoms with Crippen molar-refractivity contribution in [3.05, 3.63) is 45.5 Å². The monoisotopic (exact) mass is 249 g/mol. The van der Waals surface area contributed by atoms with Gasteiger partial charge in [-0.2, -0.15) is 0 Å². The topological polar surface area (TPSA) is 33.5 Å². The van der Waals surface area contributed by atoms with Crippen LogP contribution in [-0.2, 0) is 6.54 Å². The molecule has 0 spiro atoms. The molecule has 3 nitrogen and oxygen atoms in total. The van der Waals surface area contributed by atoms with Crippen molar-refractivity contribution in [2.24, 2.45) is 0 Å². The summed E-state index contributed by atoms with van der Waals surface area (Å²) in [5.74, 6) is 1.72. The van der Waals surface area contributed by atoms with Crippen molar-refractivity contribution >= 4 is 17.2 Å². The number of aryl methyl sites for hydroxylation is 2. The molecule has 0 bridgehead atoms. The molecule has 2 heterocycles. The van der Waals surface area contributed by atoms with Crippen LogP contribution < -0.4 is 0 Å². The highest BCUT2D eigenvalue weighted by atomic mass is 32.1. The molecule has 0 aromatic carbocycles. The lowest BCUT2D eigenvalue weighted by Gasteiger charge is -2.14. The summed E-state index contributed by atoms with van der Waals surface area (Å²) in [6.45, 7) is 4.40. The van der Waals surface area contributed by atoms with Crippen molar-refractivity contribution in [3.63, 3.8) is 0 Å². The van der Waals surface area contributed by atoms with Gasteiger partial charge in [-0.25, -0.2) is 0 Å². The number of nitrogens with zero attached hydrogens (tertiary/aromatic N) is 1. The summed E-state index contributed by atoms with van der Waals surface area (Å²) in [5.41, 5.74) is 0. The van der Waals surface area contributed by atoms with E-state index in [-0.39, 0.29) is 5.91 Å². The lowest BCUT2D eigenvalue weighted by atomic mass is 10.3. The number of carbonyl (C=O) groups excluding carboxylic acids is 1. The van der Waals surface area contributed by atoms with Gasteiger partial charge in [0.15, 0.2) is 0 Å². The third-order valence-electron chi connectivity index (χ3n) is 2.49. The van der Waals surface area contributed by atoms with E-state index >= 15 is 0 Å². The predicted molar refractivity (Wildman–Crippen MR) is 68.3 cm³/mol. The molecule has 0 fully saturated rings. The molecule has 1 amide bonds. The molecule has 17 heavy (non-hydrogen) atoms. The van der Waals surface area contributed by atoms with Crippen molar-refractivity contribution in [1.29, 1.82) is 0 Å². The SMILES string of the molecule is Cc1ccc(CN(C)C(=O)c2ccc(C)s2)o1. The number of hydrogen-bond acceptors (Lipinski definition) is 3. The molecule has 90 valence electrons. The van der Waals surface area contributed by atoms with Crippen LogP contribution in [0.1, 0.15) is 26.1 Å². The molecule has 0 unspecified atom stereocenters. The van der Waals surface area contributed by atoms with Gasteiger partial charge >= 0.3 is 0 Å². The minimum Gasteiger partial charge on any atom is -0.464 e. The van der Waals surface area contributed by atoms with E-state index in [0.717, 1.165) is 21.3 Å². The van der Waals surface area contributed by atoms with Crippen LogP contribution in [0.15, 0.2) is 28.7 Å². The zero-order valence-corrected chi connectivity index (χ0v) is 11.0. The molecule has 0 N–H and O–H groups in total. The number of amides is 1. The first-order valence-electron chi connectivity index (χ1n) is 5.43. The van der Waals surface area contributed by atoms with Crippen LogP contribution in [0.25, 0.3) is 0 Å². The van der Waals surface area contributed by atoms with Crippen molar-refractivity contribution in [1.82, 2.24) is 4.90 Å². The molecule has 0 saturated carbocycles. The maximum absolute atomic E-state index is 12.1. The number of rotatable bonds is 3. The Morgan fingerprint density at radius 1 is 1.29 bits per heavy atom. The summed E-state index contributed by atoms with van der Waals surface area (Å²) in [4.78, 5) is 15.7. The predicted octanol–water partition coefficient (Wildman–Crippen LogP) is 3.23. The Kier molecular flexibility index (Phi) is 3.33. The van der Waals surface area contributed by atoms with Crippen LogP contribution in [0.2, 0.25) is 0 Å². The molecule has 4 heteroatoms. The first kappa shape index (κ1) is 11.9. The third-order valence-corrected chi connectivity index (χ3v) is 3.48. The Hall–Kier alpha value is -1.55. The summed E-state index contributed by atoms with van der Waals surface area (Å²) in [6, 6.07) is 7.64. The number of thiophene rings is 1.